The highest BCUT2D eigenvalue weighted by Crippen LogP contribution is 2.23. The van der Waals surface area contributed by atoms with Crippen LogP contribution >= 0.6 is 0 Å². The predicted octanol–water partition coefficient (Wildman–Crippen LogP) is 4.38. The fraction of sp³-hybridized carbons (Fsp3) is 0.333. The molecule has 0 saturated carbocycles. The van der Waals surface area contributed by atoms with Crippen molar-refractivity contribution in [2.45, 2.75) is 31.9 Å². The number of carbonyl (C=O) groups excluding carboxylic acids is 1. The fourth-order valence-electron chi connectivity index (χ4n) is 2.18. The number of amides is 2. The number of benzene rings is 1. The molecule has 0 aliphatic carbocycles. The van der Waals surface area contributed by atoms with Crippen molar-refractivity contribution in [3.8, 4) is 0 Å². The molecule has 0 bridgehead atoms. The summed E-state index contributed by atoms with van der Waals surface area (Å²) in [7, 11) is 0. The van der Waals surface area contributed by atoms with Gasteiger partial charge in [0.15, 0.2) is 0 Å². The Balaban J connectivity index is 1.86. The van der Waals surface area contributed by atoms with Crippen molar-refractivity contribution in [1.82, 2.24) is 10.3 Å². The average molecular weight is 385 g/mol. The summed E-state index contributed by atoms with van der Waals surface area (Å²) in [5, 5.41) is 5.32. The van der Waals surface area contributed by atoms with E-state index in [9.17, 15) is 22.4 Å². The van der Waals surface area contributed by atoms with Gasteiger partial charge >= 0.3 is 18.4 Å². The molecule has 2 amide bonds. The van der Waals surface area contributed by atoms with E-state index in [1.54, 1.807) is 49.5 Å². The van der Waals surface area contributed by atoms with Crippen molar-refractivity contribution in [2.75, 3.05) is 11.9 Å². The van der Waals surface area contributed by atoms with Gasteiger partial charge in [-0.1, -0.05) is 18.2 Å². The second-order valence-electron chi connectivity index (χ2n) is 5.83. The van der Waals surface area contributed by atoms with E-state index in [2.05, 4.69) is 20.4 Å². The Bertz CT molecular complexity index is 744. The lowest BCUT2D eigenvalue weighted by molar-refractivity contribution is -0.168. The maximum absolute atomic E-state index is 12.8. The quantitative estimate of drug-likeness (QED) is 0.663. The van der Waals surface area contributed by atoms with Crippen LogP contribution < -0.4 is 10.6 Å². The maximum Gasteiger partial charge on any atom is 0.330 e. The smallest absolute Gasteiger partial charge is 0.330 e. The second kappa shape index (κ2) is 9.31. The van der Waals surface area contributed by atoms with Crippen LogP contribution in [0.3, 0.4) is 0 Å². The molecule has 0 spiro atoms. The number of hydrogen-bond acceptors (Lipinski definition) is 3. The van der Waals surface area contributed by atoms with Crippen LogP contribution in [0.2, 0.25) is 0 Å². The van der Waals surface area contributed by atoms with Gasteiger partial charge in [-0.3, -0.25) is 4.98 Å². The highest BCUT2D eigenvalue weighted by atomic mass is 19.3. The van der Waals surface area contributed by atoms with Crippen LogP contribution in [0.1, 0.15) is 24.2 Å². The van der Waals surface area contributed by atoms with Gasteiger partial charge in [-0.05, 0) is 36.8 Å². The van der Waals surface area contributed by atoms with Crippen LogP contribution in [-0.4, -0.2) is 30.0 Å². The number of aromatic nitrogens is 1. The molecule has 1 heterocycles. The number of rotatable bonds is 8. The molecule has 2 rings (SSSR count). The van der Waals surface area contributed by atoms with Gasteiger partial charge in [-0.2, -0.15) is 8.78 Å². The summed E-state index contributed by atoms with van der Waals surface area (Å²) in [5.74, 6) is -4.20. The Morgan fingerprint density at radius 2 is 2.00 bits per heavy atom. The lowest BCUT2D eigenvalue weighted by Gasteiger charge is -2.16. The predicted molar refractivity (Wildman–Crippen MR) is 91.9 cm³/mol. The van der Waals surface area contributed by atoms with Crippen LogP contribution in [0.4, 0.5) is 28.0 Å². The molecule has 0 aliphatic rings. The molecule has 1 unspecified atom stereocenters. The number of nitrogens with zero attached hydrogens (tertiary/aromatic N) is 1. The van der Waals surface area contributed by atoms with Crippen molar-refractivity contribution >= 4 is 11.7 Å². The number of urea groups is 1. The fourth-order valence-corrected chi connectivity index (χ4v) is 2.18. The molecule has 146 valence electrons. The summed E-state index contributed by atoms with van der Waals surface area (Å²) >= 11 is 0. The molecule has 27 heavy (non-hydrogen) atoms. The monoisotopic (exact) mass is 385 g/mol. The minimum Gasteiger partial charge on any atom is -0.370 e. The van der Waals surface area contributed by atoms with Gasteiger partial charge < -0.3 is 15.4 Å². The zero-order chi connectivity index (χ0) is 19.9. The standard InChI is InChI=1S/C18H19F4N3O2/c1-12(15-7-2-3-8-23-15)24-17(26)25-14-6-4-5-13(9-14)10-27-11-18(21,22)16(19)20/h2-9,12,16H,10-11H2,1H3,(H2,24,25,26). The lowest BCUT2D eigenvalue weighted by atomic mass is 10.2. The van der Waals surface area contributed by atoms with Crippen LogP contribution in [0.15, 0.2) is 48.7 Å². The first-order valence-electron chi connectivity index (χ1n) is 8.09. The van der Waals surface area contributed by atoms with Gasteiger partial charge in [0.25, 0.3) is 0 Å². The van der Waals surface area contributed by atoms with Crippen molar-refractivity contribution in [3.63, 3.8) is 0 Å². The van der Waals surface area contributed by atoms with E-state index in [0.29, 0.717) is 16.9 Å². The third-order valence-corrected chi connectivity index (χ3v) is 3.55. The van der Waals surface area contributed by atoms with E-state index in [-0.39, 0.29) is 12.6 Å². The van der Waals surface area contributed by atoms with Crippen molar-refractivity contribution < 1.29 is 27.1 Å². The van der Waals surface area contributed by atoms with E-state index >= 15 is 0 Å². The van der Waals surface area contributed by atoms with Gasteiger partial charge in [0.05, 0.1) is 18.3 Å². The largest absolute Gasteiger partial charge is 0.370 e. The number of anilines is 1. The van der Waals surface area contributed by atoms with E-state index in [4.69, 9.17) is 0 Å². The summed E-state index contributed by atoms with van der Waals surface area (Å²) in [5.41, 5.74) is 1.55. The zero-order valence-corrected chi connectivity index (χ0v) is 14.5. The molecule has 1 atom stereocenters. The number of pyridine rings is 1. The molecule has 0 radical (unpaired) electrons. The molecule has 0 saturated heterocycles. The van der Waals surface area contributed by atoms with Gasteiger partial charge in [0, 0.05) is 11.9 Å². The highest BCUT2D eigenvalue weighted by molar-refractivity contribution is 5.89. The number of hydrogen-bond donors (Lipinski definition) is 2. The number of alkyl halides is 4. The van der Waals surface area contributed by atoms with Crippen molar-refractivity contribution in [3.05, 3.63) is 59.9 Å². The van der Waals surface area contributed by atoms with Gasteiger partial charge in [0.2, 0.25) is 0 Å². The second-order valence-corrected chi connectivity index (χ2v) is 5.83. The average Bonchev–Trinajstić information content (AvgIpc) is 2.62. The van der Waals surface area contributed by atoms with Crippen LogP contribution in [0.5, 0.6) is 0 Å². The first-order chi connectivity index (χ1) is 12.8. The minimum atomic E-state index is -4.20. The molecular weight excluding hydrogens is 366 g/mol. The Morgan fingerprint density at radius 1 is 1.22 bits per heavy atom. The van der Waals surface area contributed by atoms with Crippen molar-refractivity contribution in [1.29, 1.82) is 0 Å². The van der Waals surface area contributed by atoms with Crippen LogP contribution in [0.25, 0.3) is 0 Å². The first-order valence-corrected chi connectivity index (χ1v) is 8.09. The molecular formula is C18H19F4N3O2. The molecule has 2 aromatic rings. The van der Waals surface area contributed by atoms with Crippen LogP contribution in [0, 0.1) is 0 Å². The zero-order valence-electron chi connectivity index (χ0n) is 14.5. The molecule has 0 fully saturated rings. The topological polar surface area (TPSA) is 63.2 Å². The Hall–Kier alpha value is -2.68. The van der Waals surface area contributed by atoms with Gasteiger partial charge in [-0.25, -0.2) is 13.6 Å². The minimum absolute atomic E-state index is 0.288. The van der Waals surface area contributed by atoms with Crippen LogP contribution in [-0.2, 0) is 11.3 Å². The van der Waals surface area contributed by atoms with E-state index < -0.39 is 25.0 Å². The van der Waals surface area contributed by atoms with Gasteiger partial charge in [0.1, 0.15) is 6.61 Å². The lowest BCUT2D eigenvalue weighted by Crippen LogP contribution is -2.32. The molecule has 2 N–H and O–H groups in total. The Labute approximate surface area is 153 Å². The molecule has 0 aliphatic heterocycles. The van der Waals surface area contributed by atoms with E-state index in [0.717, 1.165) is 0 Å². The SMILES string of the molecule is CC(NC(=O)Nc1cccc(COCC(F)(F)C(F)F)c1)c1ccccn1. The summed E-state index contributed by atoms with van der Waals surface area (Å²) in [6.45, 7) is 0.101. The third-order valence-electron chi connectivity index (χ3n) is 3.55. The Kier molecular flexibility index (Phi) is 7.12. The Morgan fingerprint density at radius 3 is 2.67 bits per heavy atom. The molecule has 9 heteroatoms. The van der Waals surface area contributed by atoms with E-state index in [1.165, 1.54) is 6.07 Å². The summed E-state index contributed by atoms with van der Waals surface area (Å²) in [6.07, 6.45) is -2.16. The summed E-state index contributed by atoms with van der Waals surface area (Å²) < 4.78 is 54.5. The molecule has 1 aromatic heterocycles. The summed E-state index contributed by atoms with van der Waals surface area (Å²) in [6, 6.07) is 10.8. The first kappa shape index (κ1) is 20.6. The normalized spacial score (nSPS) is 12.7. The molecule has 1 aromatic carbocycles. The number of nitrogens with one attached hydrogen (secondary N) is 2. The van der Waals surface area contributed by atoms with Crippen molar-refractivity contribution in [2.24, 2.45) is 0 Å². The number of ether oxygens (including phenoxy) is 1. The summed E-state index contributed by atoms with van der Waals surface area (Å²) in [4.78, 5) is 16.2. The highest BCUT2D eigenvalue weighted by Gasteiger charge is 2.40. The van der Waals surface area contributed by atoms with E-state index in [1.807, 2.05) is 0 Å². The molecule has 5 nitrogen and oxygen atoms in total. The number of halogens is 4. The van der Waals surface area contributed by atoms with Gasteiger partial charge in [-0.15, -0.1) is 0 Å². The number of carbonyl (C=O) groups is 1. The third kappa shape index (κ3) is 6.52. The maximum atomic E-state index is 12.8.